The summed E-state index contributed by atoms with van der Waals surface area (Å²) >= 11 is 0. The van der Waals surface area contributed by atoms with Gasteiger partial charge in [0, 0.05) is 32.1 Å². The van der Waals surface area contributed by atoms with Crippen molar-refractivity contribution in [3.63, 3.8) is 0 Å². The number of aliphatic hydroxyl groups excluding tert-OH is 1. The van der Waals surface area contributed by atoms with Crippen LogP contribution in [0.1, 0.15) is 22.6 Å². The number of nitrogens with zero attached hydrogens (tertiary/aromatic N) is 1. The van der Waals surface area contributed by atoms with Crippen molar-refractivity contribution >= 4 is 11.8 Å². The lowest BCUT2D eigenvalue weighted by Gasteiger charge is -2.19. The van der Waals surface area contributed by atoms with Gasteiger partial charge in [0.15, 0.2) is 0 Å². The molecule has 0 aliphatic carbocycles. The van der Waals surface area contributed by atoms with E-state index in [9.17, 15) is 9.59 Å². The molecule has 1 fully saturated rings. The third-order valence-corrected chi connectivity index (χ3v) is 5.75. The number of ether oxygens (including phenoxy) is 1. The summed E-state index contributed by atoms with van der Waals surface area (Å²) in [6.07, 6.45) is 0.775. The smallest absolute Gasteiger partial charge is 0.245 e. The number of hydrogen-bond acceptors (Lipinski definition) is 5. The van der Waals surface area contributed by atoms with E-state index in [4.69, 9.17) is 9.84 Å². The predicted molar refractivity (Wildman–Crippen MR) is 119 cm³/mol. The Bertz CT molecular complexity index is 867. The van der Waals surface area contributed by atoms with Crippen molar-refractivity contribution in [2.24, 2.45) is 5.92 Å². The van der Waals surface area contributed by atoms with Crippen LogP contribution in [-0.2, 0) is 22.6 Å². The molecule has 2 amide bonds. The molecule has 0 radical (unpaired) electrons. The van der Waals surface area contributed by atoms with Crippen molar-refractivity contribution in [3.8, 4) is 5.75 Å². The molecule has 2 atom stereocenters. The van der Waals surface area contributed by atoms with Crippen molar-refractivity contribution in [2.45, 2.75) is 18.9 Å². The topological polar surface area (TPSA) is 90.9 Å². The molecule has 2 aromatic carbocycles. The van der Waals surface area contributed by atoms with Crippen LogP contribution in [0.4, 0.5) is 0 Å². The van der Waals surface area contributed by atoms with E-state index in [-0.39, 0.29) is 17.7 Å². The molecule has 3 rings (SSSR count). The second kappa shape index (κ2) is 10.9. The minimum Gasteiger partial charge on any atom is -0.497 e. The van der Waals surface area contributed by atoms with Gasteiger partial charge in [0.25, 0.3) is 0 Å². The van der Waals surface area contributed by atoms with Gasteiger partial charge in [0.2, 0.25) is 11.8 Å². The van der Waals surface area contributed by atoms with Crippen molar-refractivity contribution < 1.29 is 19.4 Å². The van der Waals surface area contributed by atoms with Gasteiger partial charge in [-0.05, 0) is 42.3 Å². The molecule has 0 spiro atoms. The standard InChI is InChI=1S/C24H31N3O4/c1-27-14-21(19-7-3-18(4-8-19)13-26-23(29)16-28)22(15-27)24(30)25-12-11-17-5-9-20(31-2)10-6-17/h3-10,21-22,28H,11-16H2,1-2H3,(H,25,30)(H,26,29). The Kier molecular flexibility index (Phi) is 8.03. The molecule has 166 valence electrons. The molecule has 1 heterocycles. The van der Waals surface area contributed by atoms with Crippen LogP contribution in [0.25, 0.3) is 0 Å². The van der Waals surface area contributed by atoms with E-state index < -0.39 is 12.5 Å². The van der Waals surface area contributed by atoms with Gasteiger partial charge < -0.3 is 25.4 Å². The molecule has 0 bridgehead atoms. The molecule has 7 nitrogen and oxygen atoms in total. The lowest BCUT2D eigenvalue weighted by molar-refractivity contribution is -0.125. The molecule has 0 aromatic heterocycles. The fourth-order valence-corrected chi connectivity index (χ4v) is 4.00. The molecule has 1 aliphatic heterocycles. The first-order valence-corrected chi connectivity index (χ1v) is 10.6. The summed E-state index contributed by atoms with van der Waals surface area (Å²) in [5.74, 6) is 0.550. The van der Waals surface area contributed by atoms with Crippen LogP contribution in [0.15, 0.2) is 48.5 Å². The average Bonchev–Trinajstić information content (AvgIpc) is 3.20. The number of methoxy groups -OCH3 is 1. The Morgan fingerprint density at radius 2 is 1.71 bits per heavy atom. The maximum atomic E-state index is 12.9. The highest BCUT2D eigenvalue weighted by atomic mass is 16.5. The first kappa shape index (κ1) is 22.8. The summed E-state index contributed by atoms with van der Waals surface area (Å²) in [6.45, 7) is 2.02. The molecule has 2 unspecified atom stereocenters. The number of hydrogen-bond donors (Lipinski definition) is 3. The summed E-state index contributed by atoms with van der Waals surface area (Å²) in [7, 11) is 3.68. The molecule has 2 aromatic rings. The molecule has 1 saturated heterocycles. The quantitative estimate of drug-likeness (QED) is 0.564. The molecule has 0 saturated carbocycles. The summed E-state index contributed by atoms with van der Waals surface area (Å²) < 4.78 is 5.18. The summed E-state index contributed by atoms with van der Waals surface area (Å²) in [6, 6.07) is 15.9. The van der Waals surface area contributed by atoms with Gasteiger partial charge in [-0.25, -0.2) is 0 Å². The van der Waals surface area contributed by atoms with Crippen LogP contribution in [0, 0.1) is 5.92 Å². The Morgan fingerprint density at radius 3 is 2.35 bits per heavy atom. The molecule has 3 N–H and O–H groups in total. The number of benzene rings is 2. The lowest BCUT2D eigenvalue weighted by atomic mass is 9.88. The van der Waals surface area contributed by atoms with Crippen LogP contribution in [0.3, 0.4) is 0 Å². The van der Waals surface area contributed by atoms with Crippen molar-refractivity contribution in [3.05, 3.63) is 65.2 Å². The molecular weight excluding hydrogens is 394 g/mol. The van der Waals surface area contributed by atoms with Crippen molar-refractivity contribution in [1.82, 2.24) is 15.5 Å². The summed E-state index contributed by atoms with van der Waals surface area (Å²) in [5, 5.41) is 14.5. The molecular formula is C24H31N3O4. The number of carbonyl (C=O) groups is 2. The number of likely N-dealkylation sites (N-methyl/N-ethyl adjacent to an activating group) is 1. The number of rotatable bonds is 9. The van der Waals surface area contributed by atoms with Gasteiger partial charge in [-0.1, -0.05) is 36.4 Å². The van der Waals surface area contributed by atoms with E-state index >= 15 is 0 Å². The van der Waals surface area contributed by atoms with Crippen LogP contribution in [-0.4, -0.2) is 62.2 Å². The van der Waals surface area contributed by atoms with Crippen LogP contribution in [0.5, 0.6) is 5.75 Å². The fourth-order valence-electron chi connectivity index (χ4n) is 4.00. The van der Waals surface area contributed by atoms with Gasteiger partial charge >= 0.3 is 0 Å². The Morgan fingerprint density at radius 1 is 1.03 bits per heavy atom. The summed E-state index contributed by atoms with van der Waals surface area (Å²) in [5.41, 5.74) is 3.24. The minimum atomic E-state index is -0.512. The van der Waals surface area contributed by atoms with Crippen LogP contribution in [0.2, 0.25) is 0 Å². The zero-order valence-electron chi connectivity index (χ0n) is 18.1. The van der Waals surface area contributed by atoms with Crippen LogP contribution < -0.4 is 15.4 Å². The van der Waals surface area contributed by atoms with Crippen molar-refractivity contribution in [2.75, 3.05) is 40.4 Å². The Labute approximate surface area is 183 Å². The van der Waals surface area contributed by atoms with Gasteiger partial charge in [0.05, 0.1) is 13.0 Å². The van der Waals surface area contributed by atoms with Crippen molar-refractivity contribution in [1.29, 1.82) is 0 Å². The number of nitrogens with one attached hydrogen (secondary N) is 2. The molecule has 31 heavy (non-hydrogen) atoms. The zero-order valence-corrected chi connectivity index (χ0v) is 18.1. The molecule has 7 heteroatoms. The summed E-state index contributed by atoms with van der Waals surface area (Å²) in [4.78, 5) is 26.3. The second-order valence-electron chi connectivity index (χ2n) is 8.00. The largest absolute Gasteiger partial charge is 0.497 e. The molecule has 1 aliphatic rings. The highest BCUT2D eigenvalue weighted by Crippen LogP contribution is 2.32. The highest BCUT2D eigenvalue weighted by Gasteiger charge is 2.36. The normalized spacial score (nSPS) is 18.5. The first-order valence-electron chi connectivity index (χ1n) is 10.6. The first-order chi connectivity index (χ1) is 15.0. The van der Waals surface area contributed by atoms with E-state index in [0.717, 1.165) is 42.0 Å². The fraction of sp³-hybridized carbons (Fsp3) is 0.417. The zero-order chi connectivity index (χ0) is 22.2. The maximum absolute atomic E-state index is 12.9. The number of carbonyl (C=O) groups excluding carboxylic acids is 2. The SMILES string of the molecule is COc1ccc(CCNC(=O)C2CN(C)CC2c2ccc(CNC(=O)CO)cc2)cc1. The second-order valence-corrected chi connectivity index (χ2v) is 8.00. The van der Waals surface area contributed by atoms with Gasteiger partial charge in [-0.3, -0.25) is 9.59 Å². The highest BCUT2D eigenvalue weighted by molar-refractivity contribution is 5.80. The number of likely N-dealkylation sites (tertiary alicyclic amines) is 1. The van der Waals surface area contributed by atoms with E-state index in [1.54, 1.807) is 7.11 Å². The van der Waals surface area contributed by atoms with E-state index in [2.05, 4.69) is 15.5 Å². The number of aliphatic hydroxyl groups is 1. The van der Waals surface area contributed by atoms with E-state index in [0.29, 0.717) is 13.1 Å². The predicted octanol–water partition coefficient (Wildman–Crippen LogP) is 1.31. The Hall–Kier alpha value is -2.90. The van der Waals surface area contributed by atoms with Crippen LogP contribution >= 0.6 is 0 Å². The number of amides is 2. The van der Waals surface area contributed by atoms with Gasteiger partial charge in [-0.2, -0.15) is 0 Å². The third kappa shape index (κ3) is 6.29. The van der Waals surface area contributed by atoms with E-state index in [1.165, 1.54) is 0 Å². The average molecular weight is 426 g/mol. The monoisotopic (exact) mass is 425 g/mol. The van der Waals surface area contributed by atoms with Gasteiger partial charge in [-0.15, -0.1) is 0 Å². The van der Waals surface area contributed by atoms with Gasteiger partial charge in [0.1, 0.15) is 12.4 Å². The minimum absolute atomic E-state index is 0.0853. The Balaban J connectivity index is 1.55. The van der Waals surface area contributed by atoms with E-state index in [1.807, 2.05) is 55.6 Å². The lowest BCUT2D eigenvalue weighted by Crippen LogP contribution is -2.35. The third-order valence-electron chi connectivity index (χ3n) is 5.75. The maximum Gasteiger partial charge on any atom is 0.245 e.